The summed E-state index contributed by atoms with van der Waals surface area (Å²) in [4.78, 5) is 0. The zero-order valence-corrected chi connectivity index (χ0v) is 11.9. The van der Waals surface area contributed by atoms with Crippen molar-refractivity contribution in [2.45, 2.75) is 44.2 Å². The number of nitrogens with one attached hydrogen (secondary N) is 1. The van der Waals surface area contributed by atoms with Crippen LogP contribution in [0.1, 0.15) is 43.8 Å². The lowest BCUT2D eigenvalue weighted by molar-refractivity contribution is 0.149. The summed E-state index contributed by atoms with van der Waals surface area (Å²) in [6.45, 7) is 1.03. The Morgan fingerprint density at radius 1 is 1.39 bits per heavy atom. The molecule has 1 aliphatic rings. The molecule has 0 spiro atoms. The first-order valence-electron chi connectivity index (χ1n) is 6.53. The fourth-order valence-corrected chi connectivity index (χ4v) is 3.09. The molecule has 1 fully saturated rings. The molecule has 0 aliphatic carbocycles. The van der Waals surface area contributed by atoms with Gasteiger partial charge in [0, 0.05) is 10.5 Å². The molecule has 100 valence electrons. The van der Waals surface area contributed by atoms with Gasteiger partial charge >= 0.3 is 0 Å². The molecule has 2 unspecified atom stereocenters. The van der Waals surface area contributed by atoms with E-state index < -0.39 is 6.10 Å². The van der Waals surface area contributed by atoms with Crippen LogP contribution >= 0.6 is 15.9 Å². The third-order valence-corrected chi connectivity index (χ3v) is 4.18. The van der Waals surface area contributed by atoms with Crippen LogP contribution < -0.4 is 5.32 Å². The molecule has 1 heterocycles. The summed E-state index contributed by atoms with van der Waals surface area (Å²) in [5.41, 5.74) is 0.766. The molecule has 0 radical (unpaired) electrons. The molecular weight excluding hydrogens is 297 g/mol. The Morgan fingerprint density at radius 2 is 2.22 bits per heavy atom. The molecule has 0 bridgehead atoms. The van der Waals surface area contributed by atoms with Crippen LogP contribution in [0.15, 0.2) is 22.7 Å². The van der Waals surface area contributed by atoms with Gasteiger partial charge in [-0.15, -0.1) is 0 Å². The van der Waals surface area contributed by atoms with Gasteiger partial charge in [-0.25, -0.2) is 4.39 Å². The molecule has 1 saturated heterocycles. The zero-order chi connectivity index (χ0) is 13.0. The minimum atomic E-state index is -0.546. The van der Waals surface area contributed by atoms with Crippen molar-refractivity contribution in [2.75, 3.05) is 6.54 Å². The summed E-state index contributed by atoms with van der Waals surface area (Å²) in [6.07, 6.45) is 4.94. The Labute approximate surface area is 116 Å². The van der Waals surface area contributed by atoms with E-state index in [1.54, 1.807) is 6.07 Å². The van der Waals surface area contributed by atoms with Crippen LogP contribution in [0.3, 0.4) is 0 Å². The first-order valence-corrected chi connectivity index (χ1v) is 7.32. The third-order valence-electron chi connectivity index (χ3n) is 3.49. The highest BCUT2D eigenvalue weighted by atomic mass is 79.9. The van der Waals surface area contributed by atoms with Crippen molar-refractivity contribution < 1.29 is 9.50 Å². The molecule has 0 saturated carbocycles. The molecule has 1 aromatic carbocycles. The van der Waals surface area contributed by atoms with Crippen molar-refractivity contribution in [1.82, 2.24) is 5.32 Å². The van der Waals surface area contributed by atoms with E-state index in [1.807, 2.05) is 0 Å². The van der Waals surface area contributed by atoms with Crippen molar-refractivity contribution in [2.24, 2.45) is 0 Å². The maximum Gasteiger partial charge on any atom is 0.124 e. The molecule has 4 heteroatoms. The number of hydrogen-bond donors (Lipinski definition) is 2. The second-order valence-electron chi connectivity index (χ2n) is 4.92. The topological polar surface area (TPSA) is 32.3 Å². The zero-order valence-electron chi connectivity index (χ0n) is 10.3. The minimum Gasteiger partial charge on any atom is -0.388 e. The second-order valence-corrected chi connectivity index (χ2v) is 5.77. The molecule has 2 rings (SSSR count). The lowest BCUT2D eigenvalue weighted by Crippen LogP contribution is -2.30. The van der Waals surface area contributed by atoms with Crippen LogP contribution in [-0.2, 0) is 0 Å². The number of halogens is 2. The average molecular weight is 316 g/mol. The number of aliphatic hydroxyl groups excluding tert-OH is 1. The molecule has 2 N–H and O–H groups in total. The van der Waals surface area contributed by atoms with E-state index in [4.69, 9.17) is 0 Å². The number of benzene rings is 1. The van der Waals surface area contributed by atoms with Crippen LogP contribution in [0.25, 0.3) is 0 Å². The van der Waals surface area contributed by atoms with E-state index in [9.17, 15) is 9.50 Å². The van der Waals surface area contributed by atoms with Crippen molar-refractivity contribution >= 4 is 15.9 Å². The van der Waals surface area contributed by atoms with Gasteiger partial charge in [-0.2, -0.15) is 0 Å². The van der Waals surface area contributed by atoms with Gasteiger partial charge in [0.1, 0.15) is 5.82 Å². The molecule has 18 heavy (non-hydrogen) atoms. The van der Waals surface area contributed by atoms with E-state index >= 15 is 0 Å². The van der Waals surface area contributed by atoms with Crippen LogP contribution in [-0.4, -0.2) is 17.7 Å². The van der Waals surface area contributed by atoms with Gasteiger partial charge in [-0.3, -0.25) is 0 Å². The van der Waals surface area contributed by atoms with Crippen LogP contribution in [0.4, 0.5) is 4.39 Å². The maximum atomic E-state index is 13.0. The first kappa shape index (κ1) is 14.0. The SMILES string of the molecule is OC(CC1CCCCCN1)c1ccc(F)cc1Br. The Bertz CT molecular complexity index is 391. The third kappa shape index (κ3) is 3.77. The summed E-state index contributed by atoms with van der Waals surface area (Å²) in [7, 11) is 0. The Balaban J connectivity index is 1.99. The number of aliphatic hydroxyl groups is 1. The van der Waals surface area contributed by atoms with Gasteiger partial charge in [0.05, 0.1) is 6.10 Å². The maximum absolute atomic E-state index is 13.0. The van der Waals surface area contributed by atoms with Crippen molar-refractivity contribution in [3.05, 3.63) is 34.1 Å². The number of rotatable bonds is 3. The Morgan fingerprint density at radius 3 is 3.00 bits per heavy atom. The Hall–Kier alpha value is -0.450. The lowest BCUT2D eigenvalue weighted by Gasteiger charge is -2.20. The summed E-state index contributed by atoms with van der Waals surface area (Å²) in [5, 5.41) is 13.7. The molecule has 1 aliphatic heterocycles. The quantitative estimate of drug-likeness (QED) is 0.894. The van der Waals surface area contributed by atoms with E-state index in [0.29, 0.717) is 16.9 Å². The van der Waals surface area contributed by atoms with E-state index in [2.05, 4.69) is 21.2 Å². The summed E-state index contributed by atoms with van der Waals surface area (Å²) in [6, 6.07) is 4.81. The molecule has 0 amide bonds. The standard InChI is InChI=1S/C14H19BrFNO/c15-13-8-10(16)5-6-12(13)14(18)9-11-4-2-1-3-7-17-11/h5-6,8,11,14,17-18H,1-4,7,9H2. The number of hydrogen-bond acceptors (Lipinski definition) is 2. The Kier molecular flexibility index (Phi) is 5.15. The van der Waals surface area contributed by atoms with Crippen molar-refractivity contribution in [3.8, 4) is 0 Å². The normalized spacial score (nSPS) is 22.5. The second kappa shape index (κ2) is 6.64. The predicted molar refractivity (Wildman–Crippen MR) is 73.9 cm³/mol. The molecule has 2 nitrogen and oxygen atoms in total. The van der Waals surface area contributed by atoms with Gasteiger partial charge in [-0.05, 0) is 43.5 Å². The van der Waals surface area contributed by atoms with Crippen molar-refractivity contribution in [3.63, 3.8) is 0 Å². The van der Waals surface area contributed by atoms with Crippen molar-refractivity contribution in [1.29, 1.82) is 0 Å². The summed E-state index contributed by atoms with van der Waals surface area (Å²) in [5.74, 6) is -0.287. The highest BCUT2D eigenvalue weighted by Gasteiger charge is 2.19. The van der Waals surface area contributed by atoms with Crippen LogP contribution in [0, 0.1) is 5.82 Å². The van der Waals surface area contributed by atoms with Gasteiger partial charge in [-0.1, -0.05) is 34.8 Å². The van der Waals surface area contributed by atoms with E-state index in [0.717, 1.165) is 18.5 Å². The highest BCUT2D eigenvalue weighted by Crippen LogP contribution is 2.28. The van der Waals surface area contributed by atoms with Gasteiger partial charge in [0.15, 0.2) is 0 Å². The first-order chi connectivity index (χ1) is 8.66. The van der Waals surface area contributed by atoms with Gasteiger partial charge in [0.2, 0.25) is 0 Å². The fraction of sp³-hybridized carbons (Fsp3) is 0.571. The van der Waals surface area contributed by atoms with Gasteiger partial charge < -0.3 is 10.4 Å². The van der Waals surface area contributed by atoms with Gasteiger partial charge in [0.25, 0.3) is 0 Å². The van der Waals surface area contributed by atoms with Crippen LogP contribution in [0.2, 0.25) is 0 Å². The van der Waals surface area contributed by atoms with Crippen LogP contribution in [0.5, 0.6) is 0 Å². The van der Waals surface area contributed by atoms with E-state index in [1.165, 1.54) is 31.4 Å². The lowest BCUT2D eigenvalue weighted by atomic mass is 9.99. The monoisotopic (exact) mass is 315 g/mol. The molecular formula is C14H19BrFNO. The highest BCUT2D eigenvalue weighted by molar-refractivity contribution is 9.10. The van der Waals surface area contributed by atoms with E-state index in [-0.39, 0.29) is 5.82 Å². The summed E-state index contributed by atoms with van der Waals surface area (Å²) < 4.78 is 13.6. The largest absolute Gasteiger partial charge is 0.388 e. The predicted octanol–water partition coefficient (Wildman–Crippen LogP) is 3.54. The molecule has 1 aromatic rings. The smallest absolute Gasteiger partial charge is 0.124 e. The summed E-state index contributed by atoms with van der Waals surface area (Å²) >= 11 is 3.31. The average Bonchev–Trinajstić information content (AvgIpc) is 2.57. The molecule has 2 atom stereocenters. The fourth-order valence-electron chi connectivity index (χ4n) is 2.47. The molecule has 0 aromatic heterocycles. The minimum absolute atomic E-state index is 0.287.